The van der Waals surface area contributed by atoms with Crippen LogP contribution in [0.15, 0.2) is 55.1 Å². The summed E-state index contributed by atoms with van der Waals surface area (Å²) in [6, 6.07) is 12.2. The van der Waals surface area contributed by atoms with Gasteiger partial charge in [-0.15, -0.1) is 0 Å². The van der Waals surface area contributed by atoms with E-state index in [-0.39, 0.29) is 6.04 Å². The van der Waals surface area contributed by atoms with Crippen molar-refractivity contribution in [3.8, 4) is 0 Å². The van der Waals surface area contributed by atoms with E-state index in [2.05, 4.69) is 31.2 Å². The van der Waals surface area contributed by atoms with Crippen LogP contribution in [-0.2, 0) is 6.54 Å². The number of benzene rings is 1. The van der Waals surface area contributed by atoms with Crippen molar-refractivity contribution < 1.29 is 4.39 Å². The molecule has 128 valence electrons. The Morgan fingerprint density at radius 1 is 1.12 bits per heavy atom. The molecule has 0 radical (unpaired) electrons. The van der Waals surface area contributed by atoms with Crippen LogP contribution >= 0.6 is 0 Å². The fraction of sp³-hybridized carbons (Fsp3) is 0.316. The molecule has 1 N–H and O–H groups in total. The molecule has 1 aliphatic rings. The lowest BCUT2D eigenvalue weighted by molar-refractivity contribution is 0.241. The van der Waals surface area contributed by atoms with E-state index >= 15 is 0 Å². The molecule has 0 saturated carbocycles. The maximum Gasteiger partial charge on any atom is 0.126 e. The maximum atomic E-state index is 13.9. The molecule has 3 aromatic rings. The topological polar surface area (TPSA) is 53.9 Å². The second kappa shape index (κ2) is 7.11. The molecule has 2 atom stereocenters. The number of hydrogen-bond donors (Lipinski definition) is 1. The molecule has 5 nitrogen and oxygen atoms in total. The lowest BCUT2D eigenvalue weighted by atomic mass is 10.2. The average Bonchev–Trinajstić information content (AvgIpc) is 3.00. The Balaban J connectivity index is 1.42. The van der Waals surface area contributed by atoms with Crippen LogP contribution in [0.1, 0.15) is 12.0 Å². The lowest BCUT2D eigenvalue weighted by Gasteiger charge is -2.24. The molecule has 1 saturated heterocycles. The number of pyridine rings is 1. The van der Waals surface area contributed by atoms with Crippen LogP contribution in [0.4, 0.5) is 10.2 Å². The highest BCUT2D eigenvalue weighted by Gasteiger charge is 2.31. The van der Waals surface area contributed by atoms with Crippen LogP contribution in [0.2, 0.25) is 0 Å². The van der Waals surface area contributed by atoms with Crippen molar-refractivity contribution >= 4 is 16.7 Å². The van der Waals surface area contributed by atoms with Gasteiger partial charge in [0, 0.05) is 49.0 Å². The van der Waals surface area contributed by atoms with Gasteiger partial charge in [-0.25, -0.2) is 19.3 Å². The van der Waals surface area contributed by atoms with E-state index in [4.69, 9.17) is 0 Å². The van der Waals surface area contributed by atoms with E-state index in [0.717, 1.165) is 22.3 Å². The van der Waals surface area contributed by atoms with Crippen molar-refractivity contribution in [2.75, 3.05) is 18.4 Å². The highest BCUT2D eigenvalue weighted by Crippen LogP contribution is 2.23. The number of fused-ring (bicyclic) bond motifs is 1. The van der Waals surface area contributed by atoms with Crippen molar-refractivity contribution in [3.05, 3.63) is 60.7 Å². The minimum Gasteiger partial charge on any atom is -0.368 e. The molecule has 25 heavy (non-hydrogen) atoms. The average molecular weight is 337 g/mol. The standard InChI is InChI=1S/C19H20FN5/c20-16-7-17(25(12-16)11-14-8-21-13-22-9-14)10-23-19-6-5-15-3-1-2-4-18(15)24-19/h1-6,8-9,13,16-17H,7,10-12H2,(H,23,24)/t16-,17-/m0/s1. The number of alkyl halides is 1. The van der Waals surface area contributed by atoms with E-state index in [1.54, 1.807) is 12.4 Å². The van der Waals surface area contributed by atoms with Gasteiger partial charge in [0.25, 0.3) is 0 Å². The minimum absolute atomic E-state index is 0.128. The Bertz CT molecular complexity index is 841. The highest BCUT2D eigenvalue weighted by atomic mass is 19.1. The molecule has 0 amide bonds. The molecular formula is C19H20FN5. The molecule has 6 heteroatoms. The summed E-state index contributed by atoms with van der Waals surface area (Å²) in [5.41, 5.74) is 1.96. The second-order valence-corrected chi connectivity index (χ2v) is 6.43. The van der Waals surface area contributed by atoms with Crippen LogP contribution in [0.5, 0.6) is 0 Å². The van der Waals surface area contributed by atoms with Gasteiger partial charge in [-0.05, 0) is 24.6 Å². The van der Waals surface area contributed by atoms with Gasteiger partial charge in [-0.1, -0.05) is 18.2 Å². The van der Waals surface area contributed by atoms with Gasteiger partial charge in [0.2, 0.25) is 0 Å². The SMILES string of the molecule is F[C@H]1C[C@@H](CNc2ccc3ccccc3n2)N(Cc2cncnc2)C1. The Hall–Kier alpha value is -2.60. The van der Waals surface area contributed by atoms with Crippen molar-refractivity contribution in [2.45, 2.75) is 25.2 Å². The smallest absolute Gasteiger partial charge is 0.126 e. The number of nitrogens with zero attached hydrogens (tertiary/aromatic N) is 4. The van der Waals surface area contributed by atoms with E-state index < -0.39 is 6.17 Å². The lowest BCUT2D eigenvalue weighted by Crippen LogP contribution is -2.34. The van der Waals surface area contributed by atoms with Crippen LogP contribution in [0.3, 0.4) is 0 Å². The normalized spacial score (nSPS) is 20.8. The van der Waals surface area contributed by atoms with Crippen molar-refractivity contribution in [1.82, 2.24) is 19.9 Å². The number of rotatable bonds is 5. The van der Waals surface area contributed by atoms with Crippen molar-refractivity contribution in [1.29, 1.82) is 0 Å². The fourth-order valence-electron chi connectivity index (χ4n) is 3.36. The molecule has 2 aromatic heterocycles. The highest BCUT2D eigenvalue weighted by molar-refractivity contribution is 5.80. The summed E-state index contributed by atoms with van der Waals surface area (Å²) in [6.07, 6.45) is 4.83. The fourth-order valence-corrected chi connectivity index (χ4v) is 3.36. The molecule has 4 rings (SSSR count). The zero-order valence-electron chi connectivity index (χ0n) is 13.8. The zero-order valence-corrected chi connectivity index (χ0v) is 13.8. The molecule has 1 aliphatic heterocycles. The summed E-state index contributed by atoms with van der Waals surface area (Å²) in [5.74, 6) is 0.823. The van der Waals surface area contributed by atoms with Gasteiger partial charge in [0.1, 0.15) is 18.3 Å². The summed E-state index contributed by atoms with van der Waals surface area (Å²) in [7, 11) is 0. The first-order chi connectivity index (χ1) is 12.3. The Kier molecular flexibility index (Phi) is 4.52. The summed E-state index contributed by atoms with van der Waals surface area (Å²) < 4.78 is 13.9. The Morgan fingerprint density at radius 2 is 1.96 bits per heavy atom. The van der Waals surface area contributed by atoms with Crippen LogP contribution in [-0.4, -0.2) is 45.2 Å². The summed E-state index contributed by atoms with van der Waals surface area (Å²) in [4.78, 5) is 14.8. The molecule has 0 bridgehead atoms. The summed E-state index contributed by atoms with van der Waals surface area (Å²) >= 11 is 0. The van der Waals surface area contributed by atoms with E-state index in [0.29, 0.717) is 26.1 Å². The van der Waals surface area contributed by atoms with Crippen LogP contribution < -0.4 is 5.32 Å². The van der Waals surface area contributed by atoms with Crippen LogP contribution in [0.25, 0.3) is 10.9 Å². The van der Waals surface area contributed by atoms with E-state index in [1.807, 2.05) is 30.3 Å². The summed E-state index contributed by atoms with van der Waals surface area (Å²) in [5, 5.41) is 4.48. The third-order valence-corrected chi connectivity index (χ3v) is 4.59. The quantitative estimate of drug-likeness (QED) is 0.775. The number of nitrogens with one attached hydrogen (secondary N) is 1. The molecule has 0 aliphatic carbocycles. The molecule has 0 spiro atoms. The van der Waals surface area contributed by atoms with Gasteiger partial charge in [-0.2, -0.15) is 0 Å². The number of anilines is 1. The minimum atomic E-state index is -0.791. The number of para-hydroxylation sites is 1. The first-order valence-corrected chi connectivity index (χ1v) is 8.49. The van der Waals surface area contributed by atoms with Gasteiger partial charge in [0.15, 0.2) is 0 Å². The number of aromatic nitrogens is 3. The maximum absolute atomic E-state index is 13.9. The molecule has 1 aromatic carbocycles. The predicted octanol–water partition coefficient (Wildman–Crippen LogP) is 3.05. The van der Waals surface area contributed by atoms with Crippen molar-refractivity contribution in [3.63, 3.8) is 0 Å². The molecular weight excluding hydrogens is 317 g/mol. The molecule has 3 heterocycles. The van der Waals surface area contributed by atoms with Crippen molar-refractivity contribution in [2.24, 2.45) is 0 Å². The predicted molar refractivity (Wildman–Crippen MR) is 96.0 cm³/mol. The number of hydrogen-bond acceptors (Lipinski definition) is 5. The monoisotopic (exact) mass is 337 g/mol. The third-order valence-electron chi connectivity index (χ3n) is 4.59. The first kappa shape index (κ1) is 15.9. The Morgan fingerprint density at radius 3 is 2.84 bits per heavy atom. The van der Waals surface area contributed by atoms with Crippen LogP contribution in [0, 0.1) is 0 Å². The molecule has 1 fully saturated rings. The molecule has 0 unspecified atom stereocenters. The number of likely N-dealkylation sites (tertiary alicyclic amines) is 1. The van der Waals surface area contributed by atoms with E-state index in [1.165, 1.54) is 6.33 Å². The van der Waals surface area contributed by atoms with Gasteiger partial charge < -0.3 is 5.32 Å². The van der Waals surface area contributed by atoms with Gasteiger partial charge >= 0.3 is 0 Å². The van der Waals surface area contributed by atoms with Gasteiger partial charge in [0.05, 0.1) is 5.52 Å². The Labute approximate surface area is 145 Å². The second-order valence-electron chi connectivity index (χ2n) is 6.43. The largest absolute Gasteiger partial charge is 0.368 e. The number of halogens is 1. The third kappa shape index (κ3) is 3.74. The van der Waals surface area contributed by atoms with E-state index in [9.17, 15) is 4.39 Å². The zero-order chi connectivity index (χ0) is 17.1. The van der Waals surface area contributed by atoms with Gasteiger partial charge in [-0.3, -0.25) is 4.90 Å². The summed E-state index contributed by atoms with van der Waals surface area (Å²) in [6.45, 7) is 1.78. The first-order valence-electron chi connectivity index (χ1n) is 8.49.